The number of anilines is 1. The second kappa shape index (κ2) is 7.55. The Morgan fingerprint density at radius 2 is 2.00 bits per heavy atom. The summed E-state index contributed by atoms with van der Waals surface area (Å²) in [6.45, 7) is 5.12. The molecule has 1 aliphatic rings. The summed E-state index contributed by atoms with van der Waals surface area (Å²) in [7, 11) is 0. The Balaban J connectivity index is 1.49. The summed E-state index contributed by atoms with van der Waals surface area (Å²) in [5.41, 5.74) is 1.03. The van der Waals surface area contributed by atoms with Crippen molar-refractivity contribution in [2.24, 2.45) is 0 Å². The molecule has 0 aliphatic carbocycles. The van der Waals surface area contributed by atoms with Gasteiger partial charge in [-0.15, -0.1) is 11.3 Å². The molecular weight excluding hydrogens is 378 g/mol. The highest BCUT2D eigenvalue weighted by molar-refractivity contribution is 9.10. The monoisotopic (exact) mass is 395 g/mol. The van der Waals surface area contributed by atoms with Crippen molar-refractivity contribution in [2.75, 3.05) is 31.5 Å². The normalized spacial score (nSPS) is 15.8. The SMILES string of the molecule is S=C(Nc1cccc(Br)c1)N1CCN(Cc2cccs2)CC1. The zero-order chi connectivity index (χ0) is 15.4. The summed E-state index contributed by atoms with van der Waals surface area (Å²) >= 11 is 10.8. The number of thiocarbonyl (C=S) groups is 1. The fourth-order valence-electron chi connectivity index (χ4n) is 2.50. The van der Waals surface area contributed by atoms with E-state index in [1.165, 1.54) is 4.88 Å². The number of piperazine rings is 1. The van der Waals surface area contributed by atoms with Crippen LogP contribution < -0.4 is 5.32 Å². The van der Waals surface area contributed by atoms with Crippen molar-refractivity contribution in [3.63, 3.8) is 0 Å². The van der Waals surface area contributed by atoms with Gasteiger partial charge in [-0.25, -0.2) is 0 Å². The van der Waals surface area contributed by atoms with Crippen LogP contribution in [0.3, 0.4) is 0 Å². The fraction of sp³-hybridized carbons (Fsp3) is 0.312. The minimum atomic E-state index is 0.814. The van der Waals surface area contributed by atoms with Gasteiger partial charge in [0.25, 0.3) is 0 Å². The van der Waals surface area contributed by atoms with Crippen LogP contribution in [0.25, 0.3) is 0 Å². The average Bonchev–Trinajstić information content (AvgIpc) is 3.01. The first-order chi connectivity index (χ1) is 10.7. The quantitative estimate of drug-likeness (QED) is 0.790. The zero-order valence-corrected chi connectivity index (χ0v) is 15.4. The lowest BCUT2D eigenvalue weighted by Crippen LogP contribution is -2.49. The lowest BCUT2D eigenvalue weighted by Gasteiger charge is -2.36. The van der Waals surface area contributed by atoms with Gasteiger partial charge >= 0.3 is 0 Å². The molecule has 2 heterocycles. The fourth-order valence-corrected chi connectivity index (χ4v) is 3.95. The molecule has 0 bridgehead atoms. The number of rotatable bonds is 3. The lowest BCUT2D eigenvalue weighted by molar-refractivity contribution is 0.178. The molecule has 0 spiro atoms. The molecule has 6 heteroatoms. The van der Waals surface area contributed by atoms with Gasteiger partial charge in [-0.1, -0.05) is 28.1 Å². The highest BCUT2D eigenvalue weighted by Crippen LogP contribution is 2.17. The topological polar surface area (TPSA) is 18.5 Å². The maximum absolute atomic E-state index is 5.54. The van der Waals surface area contributed by atoms with Crippen molar-refractivity contribution >= 4 is 50.3 Å². The number of nitrogens with one attached hydrogen (secondary N) is 1. The van der Waals surface area contributed by atoms with Crippen molar-refractivity contribution in [1.29, 1.82) is 0 Å². The van der Waals surface area contributed by atoms with Gasteiger partial charge in [-0.2, -0.15) is 0 Å². The maximum atomic E-state index is 5.54. The van der Waals surface area contributed by atoms with E-state index in [-0.39, 0.29) is 0 Å². The summed E-state index contributed by atoms with van der Waals surface area (Å²) in [6, 6.07) is 12.4. The molecule has 0 atom stereocenters. The number of benzene rings is 1. The van der Waals surface area contributed by atoms with E-state index in [9.17, 15) is 0 Å². The maximum Gasteiger partial charge on any atom is 0.173 e. The van der Waals surface area contributed by atoms with Gasteiger partial charge in [0.1, 0.15) is 0 Å². The number of thiophene rings is 1. The van der Waals surface area contributed by atoms with Gasteiger partial charge < -0.3 is 10.2 Å². The molecule has 0 amide bonds. The van der Waals surface area contributed by atoms with Gasteiger partial charge in [0.05, 0.1) is 0 Å². The Labute approximate surface area is 149 Å². The van der Waals surface area contributed by atoms with Gasteiger partial charge in [0.15, 0.2) is 5.11 Å². The Morgan fingerprint density at radius 3 is 2.68 bits per heavy atom. The smallest absolute Gasteiger partial charge is 0.173 e. The number of hydrogen-bond acceptors (Lipinski definition) is 3. The van der Waals surface area contributed by atoms with E-state index in [4.69, 9.17) is 12.2 Å². The van der Waals surface area contributed by atoms with Crippen LogP contribution in [0.2, 0.25) is 0 Å². The van der Waals surface area contributed by atoms with E-state index >= 15 is 0 Å². The first kappa shape index (κ1) is 15.9. The van der Waals surface area contributed by atoms with E-state index in [0.717, 1.165) is 48.0 Å². The predicted molar refractivity (Wildman–Crippen MR) is 102 cm³/mol. The summed E-state index contributed by atoms with van der Waals surface area (Å²) < 4.78 is 1.06. The standard InChI is InChI=1S/C16H18BrN3S2/c17-13-3-1-4-14(11-13)18-16(21)20-8-6-19(7-9-20)12-15-5-2-10-22-15/h1-5,10-11H,6-9,12H2,(H,18,21). The van der Waals surface area contributed by atoms with E-state index in [2.05, 4.69) is 48.6 Å². The number of nitrogens with zero attached hydrogens (tertiary/aromatic N) is 2. The highest BCUT2D eigenvalue weighted by atomic mass is 79.9. The third-order valence-corrected chi connectivity index (χ3v) is 5.41. The summed E-state index contributed by atoms with van der Waals surface area (Å²) in [4.78, 5) is 6.17. The van der Waals surface area contributed by atoms with Gasteiger partial charge in [-0.3, -0.25) is 4.90 Å². The molecular formula is C16H18BrN3S2. The van der Waals surface area contributed by atoms with Crippen LogP contribution in [0.5, 0.6) is 0 Å². The van der Waals surface area contributed by atoms with Crippen LogP contribution in [0.15, 0.2) is 46.3 Å². The predicted octanol–water partition coefficient (Wildman–Crippen LogP) is 4.03. The number of hydrogen-bond donors (Lipinski definition) is 1. The van der Waals surface area contributed by atoms with E-state index in [1.807, 2.05) is 35.6 Å². The van der Waals surface area contributed by atoms with Crippen LogP contribution in [-0.4, -0.2) is 41.1 Å². The summed E-state index contributed by atoms with van der Waals surface area (Å²) in [5.74, 6) is 0. The van der Waals surface area contributed by atoms with Crippen molar-refractivity contribution in [3.05, 3.63) is 51.1 Å². The van der Waals surface area contributed by atoms with Crippen LogP contribution in [-0.2, 0) is 6.54 Å². The third-order valence-electron chi connectivity index (χ3n) is 3.69. The van der Waals surface area contributed by atoms with Crippen LogP contribution in [0.4, 0.5) is 5.69 Å². The molecule has 1 aromatic carbocycles. The summed E-state index contributed by atoms with van der Waals surface area (Å²) in [5, 5.41) is 6.28. The van der Waals surface area contributed by atoms with Crippen molar-refractivity contribution in [3.8, 4) is 0 Å². The van der Waals surface area contributed by atoms with Crippen LogP contribution in [0, 0.1) is 0 Å². The van der Waals surface area contributed by atoms with E-state index < -0.39 is 0 Å². The average molecular weight is 396 g/mol. The van der Waals surface area contributed by atoms with Gasteiger partial charge in [-0.05, 0) is 41.9 Å². The van der Waals surface area contributed by atoms with E-state index in [0.29, 0.717) is 0 Å². The molecule has 1 aliphatic heterocycles. The molecule has 1 N–H and O–H groups in total. The first-order valence-electron chi connectivity index (χ1n) is 7.27. The first-order valence-corrected chi connectivity index (χ1v) is 9.35. The van der Waals surface area contributed by atoms with Gasteiger partial charge in [0.2, 0.25) is 0 Å². The molecule has 3 rings (SSSR count). The van der Waals surface area contributed by atoms with Crippen molar-refractivity contribution < 1.29 is 0 Å². The summed E-state index contributed by atoms with van der Waals surface area (Å²) in [6.07, 6.45) is 0. The molecule has 0 unspecified atom stereocenters. The highest BCUT2D eigenvalue weighted by Gasteiger charge is 2.19. The zero-order valence-electron chi connectivity index (χ0n) is 12.2. The Morgan fingerprint density at radius 1 is 1.18 bits per heavy atom. The third kappa shape index (κ3) is 4.29. The van der Waals surface area contributed by atoms with Crippen molar-refractivity contribution in [1.82, 2.24) is 9.80 Å². The Kier molecular flexibility index (Phi) is 5.46. The second-order valence-electron chi connectivity index (χ2n) is 5.28. The number of halogens is 1. The molecule has 1 aromatic heterocycles. The lowest BCUT2D eigenvalue weighted by atomic mass is 10.3. The molecule has 1 fully saturated rings. The minimum absolute atomic E-state index is 0.814. The van der Waals surface area contributed by atoms with Crippen molar-refractivity contribution in [2.45, 2.75) is 6.54 Å². The second-order valence-corrected chi connectivity index (χ2v) is 7.62. The Bertz CT molecular complexity index is 622. The molecule has 116 valence electrons. The van der Waals surface area contributed by atoms with Gasteiger partial charge in [0, 0.05) is 47.8 Å². The van der Waals surface area contributed by atoms with Crippen LogP contribution in [0.1, 0.15) is 4.88 Å². The molecule has 0 saturated carbocycles. The molecule has 3 nitrogen and oxygen atoms in total. The molecule has 1 saturated heterocycles. The molecule has 2 aromatic rings. The Hall–Kier alpha value is -0.950. The molecule has 0 radical (unpaired) electrons. The minimum Gasteiger partial charge on any atom is -0.346 e. The van der Waals surface area contributed by atoms with Crippen LogP contribution >= 0.6 is 39.5 Å². The molecule has 22 heavy (non-hydrogen) atoms. The largest absolute Gasteiger partial charge is 0.346 e. The van der Waals surface area contributed by atoms with E-state index in [1.54, 1.807) is 0 Å².